The standard InChI is InChI=1S/C9H9N3O2S2/c1-16(13,14)8-4-2-7(3-5-8)15-9-6-10-12-11-9/h2-6H,1H3,(H,10,11,12). The van der Waals surface area contributed by atoms with Crippen molar-refractivity contribution in [3.63, 3.8) is 0 Å². The molecular weight excluding hydrogens is 246 g/mol. The predicted octanol–water partition coefficient (Wildman–Crippen LogP) is 1.36. The Morgan fingerprint density at radius 2 is 1.94 bits per heavy atom. The average Bonchev–Trinajstić information content (AvgIpc) is 2.70. The summed E-state index contributed by atoms with van der Waals surface area (Å²) in [6.07, 6.45) is 2.79. The van der Waals surface area contributed by atoms with E-state index in [2.05, 4.69) is 15.4 Å². The van der Waals surface area contributed by atoms with Crippen molar-refractivity contribution in [1.82, 2.24) is 15.4 Å². The lowest BCUT2D eigenvalue weighted by molar-refractivity contribution is 0.602. The Morgan fingerprint density at radius 1 is 1.25 bits per heavy atom. The van der Waals surface area contributed by atoms with Crippen LogP contribution < -0.4 is 0 Å². The fraction of sp³-hybridized carbons (Fsp3) is 0.111. The Bertz CT molecular complexity index is 561. The van der Waals surface area contributed by atoms with Gasteiger partial charge >= 0.3 is 0 Å². The van der Waals surface area contributed by atoms with Gasteiger partial charge in [-0.2, -0.15) is 10.3 Å². The zero-order valence-electron chi connectivity index (χ0n) is 8.41. The topological polar surface area (TPSA) is 75.7 Å². The Hall–Kier alpha value is -1.34. The maximum atomic E-state index is 11.2. The van der Waals surface area contributed by atoms with Gasteiger partial charge in [-0.05, 0) is 24.3 Å². The van der Waals surface area contributed by atoms with Gasteiger partial charge in [-0.3, -0.25) is 0 Å². The number of nitrogens with zero attached hydrogens (tertiary/aromatic N) is 2. The molecule has 0 aliphatic heterocycles. The first-order valence-corrected chi connectivity index (χ1v) is 7.10. The number of benzene rings is 1. The van der Waals surface area contributed by atoms with E-state index in [1.807, 2.05) is 0 Å². The second-order valence-electron chi connectivity index (χ2n) is 3.15. The fourth-order valence-electron chi connectivity index (χ4n) is 1.12. The quantitative estimate of drug-likeness (QED) is 0.896. The van der Waals surface area contributed by atoms with Crippen LogP contribution in [0.25, 0.3) is 0 Å². The molecule has 0 aliphatic carbocycles. The number of rotatable bonds is 3. The van der Waals surface area contributed by atoms with E-state index in [4.69, 9.17) is 0 Å². The molecular formula is C9H9N3O2S2. The van der Waals surface area contributed by atoms with Gasteiger partial charge in [0.05, 0.1) is 11.1 Å². The molecule has 7 heteroatoms. The molecule has 0 saturated carbocycles. The van der Waals surface area contributed by atoms with Crippen molar-refractivity contribution >= 4 is 21.6 Å². The Morgan fingerprint density at radius 3 is 2.44 bits per heavy atom. The molecule has 0 unspecified atom stereocenters. The number of aromatic nitrogens is 3. The molecule has 0 spiro atoms. The van der Waals surface area contributed by atoms with Gasteiger partial charge in [-0.15, -0.1) is 5.10 Å². The smallest absolute Gasteiger partial charge is 0.175 e. The molecule has 0 aliphatic rings. The Labute approximate surface area is 97.2 Å². The summed E-state index contributed by atoms with van der Waals surface area (Å²) in [4.78, 5) is 1.23. The third kappa shape index (κ3) is 2.61. The molecule has 5 nitrogen and oxygen atoms in total. The molecule has 0 radical (unpaired) electrons. The summed E-state index contributed by atoms with van der Waals surface area (Å²) in [5, 5.41) is 10.8. The van der Waals surface area contributed by atoms with Crippen molar-refractivity contribution in [2.24, 2.45) is 0 Å². The van der Waals surface area contributed by atoms with Gasteiger partial charge in [-0.1, -0.05) is 11.8 Å². The minimum absolute atomic E-state index is 0.317. The highest BCUT2D eigenvalue weighted by atomic mass is 32.2. The van der Waals surface area contributed by atoms with E-state index >= 15 is 0 Å². The predicted molar refractivity (Wildman–Crippen MR) is 60.1 cm³/mol. The Balaban J connectivity index is 2.20. The molecule has 1 aromatic heterocycles. The second kappa shape index (κ2) is 4.26. The number of sulfone groups is 1. The van der Waals surface area contributed by atoms with E-state index in [0.717, 1.165) is 9.92 Å². The summed E-state index contributed by atoms with van der Waals surface area (Å²) in [7, 11) is -3.13. The largest absolute Gasteiger partial charge is 0.224 e. The van der Waals surface area contributed by atoms with Gasteiger partial charge in [0.15, 0.2) is 9.84 Å². The number of hydrogen-bond acceptors (Lipinski definition) is 5. The highest BCUT2D eigenvalue weighted by molar-refractivity contribution is 7.99. The first-order chi connectivity index (χ1) is 7.55. The number of nitrogens with one attached hydrogen (secondary N) is 1. The highest BCUT2D eigenvalue weighted by Crippen LogP contribution is 2.25. The van der Waals surface area contributed by atoms with Crippen LogP contribution in [0.1, 0.15) is 0 Å². The van der Waals surface area contributed by atoms with Crippen LogP contribution >= 0.6 is 11.8 Å². The van der Waals surface area contributed by atoms with E-state index < -0.39 is 9.84 Å². The molecule has 1 aromatic carbocycles. The van der Waals surface area contributed by atoms with Gasteiger partial charge in [-0.25, -0.2) is 8.42 Å². The van der Waals surface area contributed by atoms with Crippen LogP contribution in [0, 0.1) is 0 Å². The SMILES string of the molecule is CS(=O)(=O)c1ccc(Sc2cn[nH]n2)cc1. The van der Waals surface area contributed by atoms with E-state index in [1.165, 1.54) is 18.0 Å². The first kappa shape index (κ1) is 11.2. The van der Waals surface area contributed by atoms with Gasteiger partial charge in [0.1, 0.15) is 5.03 Å². The number of aromatic amines is 1. The molecule has 2 aromatic rings. The summed E-state index contributed by atoms with van der Waals surface area (Å²) >= 11 is 1.41. The average molecular weight is 255 g/mol. The lowest BCUT2D eigenvalue weighted by Gasteiger charge is -2.00. The minimum atomic E-state index is -3.13. The molecule has 2 rings (SSSR count). The third-order valence-corrected chi connectivity index (χ3v) is 3.91. The van der Waals surface area contributed by atoms with Crippen molar-refractivity contribution in [3.8, 4) is 0 Å². The molecule has 0 amide bonds. The molecule has 0 saturated heterocycles. The number of hydrogen-bond donors (Lipinski definition) is 1. The van der Waals surface area contributed by atoms with Crippen LogP contribution in [0.15, 0.2) is 45.3 Å². The van der Waals surface area contributed by atoms with Crippen molar-refractivity contribution in [2.45, 2.75) is 14.8 Å². The summed E-state index contributed by atoms with van der Waals surface area (Å²) in [5.41, 5.74) is 0. The third-order valence-electron chi connectivity index (χ3n) is 1.87. The van der Waals surface area contributed by atoms with Crippen LogP contribution in [-0.2, 0) is 9.84 Å². The van der Waals surface area contributed by atoms with Gasteiger partial charge in [0, 0.05) is 11.2 Å². The molecule has 0 fully saturated rings. The van der Waals surface area contributed by atoms with Crippen molar-refractivity contribution in [1.29, 1.82) is 0 Å². The molecule has 84 valence electrons. The summed E-state index contributed by atoms with van der Waals surface area (Å²) in [5.74, 6) is 0. The van der Waals surface area contributed by atoms with Crippen molar-refractivity contribution < 1.29 is 8.42 Å². The monoisotopic (exact) mass is 255 g/mol. The maximum absolute atomic E-state index is 11.2. The fourth-order valence-corrected chi connectivity index (χ4v) is 2.45. The molecule has 0 atom stereocenters. The van der Waals surface area contributed by atoms with E-state index in [0.29, 0.717) is 4.90 Å². The zero-order chi connectivity index (χ0) is 11.6. The normalized spacial score (nSPS) is 11.6. The summed E-state index contributed by atoms with van der Waals surface area (Å²) < 4.78 is 22.5. The maximum Gasteiger partial charge on any atom is 0.175 e. The van der Waals surface area contributed by atoms with Crippen LogP contribution in [0.5, 0.6) is 0 Å². The zero-order valence-corrected chi connectivity index (χ0v) is 10.0. The van der Waals surface area contributed by atoms with Gasteiger partial charge < -0.3 is 0 Å². The Kier molecular flexibility index (Phi) is 2.97. The van der Waals surface area contributed by atoms with Crippen molar-refractivity contribution in [2.75, 3.05) is 6.26 Å². The summed E-state index contributed by atoms with van der Waals surface area (Å²) in [6.45, 7) is 0. The van der Waals surface area contributed by atoms with E-state index in [9.17, 15) is 8.42 Å². The molecule has 1 heterocycles. The molecule has 1 N–H and O–H groups in total. The number of H-pyrrole nitrogens is 1. The highest BCUT2D eigenvalue weighted by Gasteiger charge is 2.07. The van der Waals surface area contributed by atoms with Crippen LogP contribution in [0.3, 0.4) is 0 Å². The molecule has 0 bridgehead atoms. The van der Waals surface area contributed by atoms with Crippen LogP contribution in [0.4, 0.5) is 0 Å². The first-order valence-electron chi connectivity index (χ1n) is 4.39. The van der Waals surface area contributed by atoms with Crippen LogP contribution in [-0.4, -0.2) is 30.1 Å². The minimum Gasteiger partial charge on any atom is -0.224 e. The van der Waals surface area contributed by atoms with Crippen LogP contribution in [0.2, 0.25) is 0 Å². The van der Waals surface area contributed by atoms with Crippen molar-refractivity contribution in [3.05, 3.63) is 30.5 Å². The van der Waals surface area contributed by atoms with E-state index in [1.54, 1.807) is 30.5 Å². The molecule has 16 heavy (non-hydrogen) atoms. The summed E-state index contributed by atoms with van der Waals surface area (Å²) in [6, 6.07) is 6.65. The lowest BCUT2D eigenvalue weighted by Crippen LogP contribution is -1.95. The van der Waals surface area contributed by atoms with E-state index in [-0.39, 0.29) is 0 Å². The van der Waals surface area contributed by atoms with Gasteiger partial charge in [0.25, 0.3) is 0 Å². The van der Waals surface area contributed by atoms with Gasteiger partial charge in [0.2, 0.25) is 0 Å². The lowest BCUT2D eigenvalue weighted by atomic mass is 10.4. The second-order valence-corrected chi connectivity index (χ2v) is 6.26.